The summed E-state index contributed by atoms with van der Waals surface area (Å²) in [5.74, 6) is 1.57. The molecule has 2 N–H and O–H groups in total. The van der Waals surface area contributed by atoms with Gasteiger partial charge < -0.3 is 29.7 Å². The van der Waals surface area contributed by atoms with Crippen LogP contribution in [0.1, 0.15) is 43.6 Å². The molecule has 0 unspecified atom stereocenters. The summed E-state index contributed by atoms with van der Waals surface area (Å²) >= 11 is 0. The number of nitrogen functional groups attached to an aromatic ring is 1. The molecule has 7 nitrogen and oxygen atoms in total. The Kier molecular flexibility index (Phi) is 8.58. The largest absolute Gasteiger partial charge is 0.496 e. The third-order valence-corrected chi connectivity index (χ3v) is 6.38. The van der Waals surface area contributed by atoms with E-state index in [1.54, 1.807) is 13.2 Å². The number of nitrogens with zero attached hydrogens (tertiary/aromatic N) is 2. The molecule has 0 spiro atoms. The van der Waals surface area contributed by atoms with Gasteiger partial charge in [0.15, 0.2) is 5.78 Å². The van der Waals surface area contributed by atoms with Crippen molar-refractivity contribution >= 4 is 11.5 Å². The molecule has 0 atom stereocenters. The lowest BCUT2D eigenvalue weighted by Crippen LogP contribution is -2.28. The van der Waals surface area contributed by atoms with E-state index in [0.29, 0.717) is 52.8 Å². The molecule has 2 aromatic carbocycles. The summed E-state index contributed by atoms with van der Waals surface area (Å²) in [6.45, 7) is 15.0. The maximum absolute atomic E-state index is 13.4. The van der Waals surface area contributed by atoms with Gasteiger partial charge in [-0.05, 0) is 32.2 Å². The van der Waals surface area contributed by atoms with Crippen molar-refractivity contribution in [3.63, 3.8) is 0 Å². The highest BCUT2D eigenvalue weighted by molar-refractivity contribution is 6.26. The molecule has 0 heterocycles. The number of rotatable bonds is 13. The molecular formula is C26H37N3O4. The molecule has 33 heavy (non-hydrogen) atoms. The molecule has 7 heteroatoms. The molecular weight excluding hydrogens is 418 g/mol. The highest BCUT2D eigenvalue weighted by atomic mass is 16.5. The molecule has 0 saturated heterocycles. The molecule has 2 aromatic rings. The Morgan fingerprint density at radius 3 is 1.91 bits per heavy atom. The highest BCUT2D eigenvalue weighted by Crippen LogP contribution is 2.51. The molecule has 0 saturated carbocycles. The first-order valence-corrected chi connectivity index (χ1v) is 11.9. The van der Waals surface area contributed by atoms with Crippen LogP contribution < -0.4 is 19.9 Å². The van der Waals surface area contributed by atoms with E-state index in [4.69, 9.17) is 19.9 Å². The second-order valence-electron chi connectivity index (χ2n) is 8.00. The van der Waals surface area contributed by atoms with Gasteiger partial charge in [0.05, 0.1) is 18.4 Å². The number of anilines is 1. The van der Waals surface area contributed by atoms with Gasteiger partial charge in [-0.1, -0.05) is 39.8 Å². The first kappa shape index (κ1) is 24.9. The Hall–Kier alpha value is -2.77. The van der Waals surface area contributed by atoms with Gasteiger partial charge in [-0.2, -0.15) is 0 Å². The first-order valence-electron chi connectivity index (χ1n) is 11.9. The minimum absolute atomic E-state index is 0.126. The number of carbonyl (C=O) groups is 1. The predicted molar refractivity (Wildman–Crippen MR) is 133 cm³/mol. The van der Waals surface area contributed by atoms with Gasteiger partial charge in [-0.25, -0.2) is 0 Å². The van der Waals surface area contributed by atoms with Crippen molar-refractivity contribution in [3.05, 3.63) is 35.4 Å². The third kappa shape index (κ3) is 5.09. The van der Waals surface area contributed by atoms with Crippen LogP contribution in [0.15, 0.2) is 24.3 Å². The number of ketones is 1. The lowest BCUT2D eigenvalue weighted by Gasteiger charge is -2.20. The summed E-state index contributed by atoms with van der Waals surface area (Å²) in [7, 11) is 1.60. The summed E-state index contributed by atoms with van der Waals surface area (Å²) in [6, 6.07) is 7.34. The number of likely N-dealkylation sites (N-methyl/N-ethyl adjacent to an activating group) is 2. The van der Waals surface area contributed by atoms with Crippen molar-refractivity contribution in [2.24, 2.45) is 0 Å². The molecule has 0 aromatic heterocycles. The van der Waals surface area contributed by atoms with Gasteiger partial charge in [0.25, 0.3) is 0 Å². The number of hydrogen-bond donors (Lipinski definition) is 1. The highest BCUT2D eigenvalue weighted by Gasteiger charge is 2.36. The van der Waals surface area contributed by atoms with Gasteiger partial charge in [0.2, 0.25) is 0 Å². The van der Waals surface area contributed by atoms with Crippen LogP contribution in [0.3, 0.4) is 0 Å². The van der Waals surface area contributed by atoms with Gasteiger partial charge in [-0.3, -0.25) is 4.79 Å². The van der Waals surface area contributed by atoms with Crippen LogP contribution in [0.25, 0.3) is 11.1 Å². The predicted octanol–water partition coefficient (Wildman–Crippen LogP) is 3.93. The Balaban J connectivity index is 1.92. The minimum atomic E-state index is -0.126. The van der Waals surface area contributed by atoms with Gasteiger partial charge in [-0.15, -0.1) is 0 Å². The molecule has 0 aliphatic heterocycles. The zero-order valence-electron chi connectivity index (χ0n) is 20.6. The van der Waals surface area contributed by atoms with E-state index in [0.717, 1.165) is 44.8 Å². The van der Waals surface area contributed by atoms with E-state index in [2.05, 4.69) is 37.5 Å². The van der Waals surface area contributed by atoms with E-state index in [-0.39, 0.29) is 5.78 Å². The lowest BCUT2D eigenvalue weighted by atomic mass is 10.0. The number of nitrogens with two attached hydrogens (primary N) is 1. The van der Waals surface area contributed by atoms with Crippen molar-refractivity contribution in [1.82, 2.24) is 9.80 Å². The summed E-state index contributed by atoms with van der Waals surface area (Å²) < 4.78 is 17.8. The number of methoxy groups -OCH3 is 1. The van der Waals surface area contributed by atoms with E-state index in [9.17, 15) is 4.79 Å². The topological polar surface area (TPSA) is 77.3 Å². The minimum Gasteiger partial charge on any atom is -0.496 e. The second-order valence-corrected chi connectivity index (χ2v) is 8.00. The van der Waals surface area contributed by atoms with Crippen LogP contribution >= 0.6 is 0 Å². The average Bonchev–Trinajstić information content (AvgIpc) is 3.14. The maximum Gasteiger partial charge on any atom is 0.196 e. The van der Waals surface area contributed by atoms with Gasteiger partial charge >= 0.3 is 0 Å². The summed E-state index contributed by atoms with van der Waals surface area (Å²) in [4.78, 5) is 17.9. The zero-order valence-corrected chi connectivity index (χ0v) is 20.6. The second kappa shape index (κ2) is 11.4. The number of benzene rings is 2. The van der Waals surface area contributed by atoms with Crippen molar-refractivity contribution in [3.8, 4) is 28.4 Å². The number of carbonyl (C=O) groups excluding carboxylic acids is 1. The standard InChI is InChI=1S/C26H37N3O4/c1-6-28(7-2)13-15-32-19-12-10-11-18-22(19)23-20(31-5)17-21(25(27)24(23)26(18)30)33-16-14-29(8-3)9-4/h10-12,17H,6-9,13-16,27H2,1-5H3. The fourth-order valence-corrected chi connectivity index (χ4v) is 4.30. The Bertz CT molecular complexity index is 968. The molecule has 0 fully saturated rings. The Morgan fingerprint density at radius 1 is 0.788 bits per heavy atom. The fourth-order valence-electron chi connectivity index (χ4n) is 4.30. The van der Waals surface area contributed by atoms with Gasteiger partial charge in [0, 0.05) is 35.8 Å². The van der Waals surface area contributed by atoms with Crippen LogP contribution in [0, 0.1) is 0 Å². The Labute approximate surface area is 197 Å². The molecule has 1 aliphatic carbocycles. The molecule has 0 bridgehead atoms. The molecule has 1 aliphatic rings. The van der Waals surface area contributed by atoms with E-state index in [1.165, 1.54) is 0 Å². The van der Waals surface area contributed by atoms with Crippen LogP contribution in [0.5, 0.6) is 17.2 Å². The fraction of sp³-hybridized carbons (Fsp3) is 0.500. The van der Waals surface area contributed by atoms with Crippen molar-refractivity contribution in [1.29, 1.82) is 0 Å². The number of hydrogen-bond acceptors (Lipinski definition) is 7. The number of fused-ring (bicyclic) bond motifs is 3. The maximum atomic E-state index is 13.4. The smallest absolute Gasteiger partial charge is 0.196 e. The molecule has 0 amide bonds. The average molecular weight is 456 g/mol. The van der Waals surface area contributed by atoms with Crippen molar-refractivity contribution in [2.45, 2.75) is 27.7 Å². The van der Waals surface area contributed by atoms with Crippen molar-refractivity contribution < 1.29 is 19.0 Å². The normalized spacial score (nSPS) is 12.3. The van der Waals surface area contributed by atoms with Crippen molar-refractivity contribution in [2.75, 3.05) is 65.3 Å². The number of ether oxygens (including phenoxy) is 3. The van der Waals surface area contributed by atoms with E-state index >= 15 is 0 Å². The SMILES string of the molecule is CCN(CC)CCOc1cc(OC)c2c(c1N)C(=O)c1cccc(OCCN(CC)CC)c1-2. The summed E-state index contributed by atoms with van der Waals surface area (Å²) in [5.41, 5.74) is 9.26. The Morgan fingerprint density at radius 2 is 1.36 bits per heavy atom. The van der Waals surface area contributed by atoms with Crippen LogP contribution in [0.2, 0.25) is 0 Å². The van der Waals surface area contributed by atoms with E-state index < -0.39 is 0 Å². The van der Waals surface area contributed by atoms with Crippen LogP contribution in [0.4, 0.5) is 5.69 Å². The quantitative estimate of drug-likeness (QED) is 0.391. The van der Waals surface area contributed by atoms with Crippen LogP contribution in [-0.4, -0.2) is 75.2 Å². The molecule has 3 rings (SSSR count). The first-order chi connectivity index (χ1) is 16.0. The van der Waals surface area contributed by atoms with E-state index in [1.807, 2.05) is 18.2 Å². The zero-order chi connectivity index (χ0) is 24.0. The summed E-state index contributed by atoms with van der Waals surface area (Å²) in [6.07, 6.45) is 0. The molecule has 180 valence electrons. The van der Waals surface area contributed by atoms with Gasteiger partial charge in [0.1, 0.15) is 30.5 Å². The monoisotopic (exact) mass is 455 g/mol. The molecule has 0 radical (unpaired) electrons. The summed E-state index contributed by atoms with van der Waals surface area (Å²) in [5, 5.41) is 0. The lowest BCUT2D eigenvalue weighted by molar-refractivity contribution is 0.104. The van der Waals surface area contributed by atoms with Crippen LogP contribution in [-0.2, 0) is 0 Å². The third-order valence-electron chi connectivity index (χ3n) is 6.38.